The first kappa shape index (κ1) is 20.0. The molecule has 4 rings (SSSR count). The molecule has 0 spiro atoms. The van der Waals surface area contributed by atoms with Gasteiger partial charge in [0.25, 0.3) is 0 Å². The van der Waals surface area contributed by atoms with Crippen molar-refractivity contribution in [1.82, 2.24) is 19.5 Å². The van der Waals surface area contributed by atoms with Crippen molar-refractivity contribution < 1.29 is 22.9 Å². The average molecular weight is 416 g/mol. The molecule has 0 radical (unpaired) electrons. The number of nitrogens with two attached hydrogens (primary N) is 1. The molecule has 10 nitrogen and oxygen atoms in total. The van der Waals surface area contributed by atoms with Gasteiger partial charge in [-0.25, -0.2) is 9.55 Å². The van der Waals surface area contributed by atoms with Crippen molar-refractivity contribution in [1.29, 1.82) is 0 Å². The van der Waals surface area contributed by atoms with Crippen LogP contribution in [0.4, 0.5) is 5.82 Å². The van der Waals surface area contributed by atoms with E-state index in [0.29, 0.717) is 17.6 Å². The first-order chi connectivity index (χ1) is 12.8. The fourth-order valence-corrected chi connectivity index (χ4v) is 4.67. The Kier molecular flexibility index (Phi) is 5.72. The summed E-state index contributed by atoms with van der Waals surface area (Å²) in [6.45, 7) is 3.64. The SMILES string of the molecule is C#C.CC(C)OP1(=O)OCC2OC(n3cnc4c(N)nc(Cl)nc43)CC2O1. The zero-order valence-corrected chi connectivity index (χ0v) is 16.3. The van der Waals surface area contributed by atoms with E-state index in [0.717, 1.165) is 0 Å². The lowest BCUT2D eigenvalue weighted by Crippen LogP contribution is -2.33. The van der Waals surface area contributed by atoms with Crippen LogP contribution in [0.25, 0.3) is 11.2 Å². The molecule has 4 unspecified atom stereocenters. The molecule has 2 aromatic heterocycles. The normalized spacial score (nSPS) is 30.1. The van der Waals surface area contributed by atoms with Gasteiger partial charge in [0.2, 0.25) is 5.28 Å². The quantitative estimate of drug-likeness (QED) is 0.457. The van der Waals surface area contributed by atoms with Crippen LogP contribution >= 0.6 is 19.4 Å². The highest BCUT2D eigenvalue weighted by Crippen LogP contribution is 2.57. The first-order valence-electron chi connectivity index (χ1n) is 8.10. The number of rotatable bonds is 3. The molecule has 2 aliphatic heterocycles. The van der Waals surface area contributed by atoms with E-state index >= 15 is 0 Å². The van der Waals surface area contributed by atoms with Gasteiger partial charge in [0.1, 0.15) is 24.0 Å². The fourth-order valence-electron chi connectivity index (χ4n) is 2.93. The molecule has 12 heteroatoms. The summed E-state index contributed by atoms with van der Waals surface area (Å²) in [6.07, 6.45) is 8.50. The zero-order chi connectivity index (χ0) is 19.8. The standard InChI is InChI=1S/C13H17ClN5O5P.C2H2/c1-6(2)23-25(20)21-4-8-7(24-25)3-9(22-8)19-5-16-10-11(15)17-13(14)18-12(10)19;1-2/h5-9H,3-4H2,1-2H3,(H2,15,17,18);1-2H. The number of phosphoric acid groups is 1. The molecule has 4 heterocycles. The number of nitrogen functional groups attached to an aromatic ring is 1. The maximum Gasteiger partial charge on any atom is 0.475 e. The maximum absolute atomic E-state index is 12.5. The molecule has 146 valence electrons. The third-order valence-electron chi connectivity index (χ3n) is 3.91. The molecule has 2 aromatic rings. The van der Waals surface area contributed by atoms with Crippen LogP contribution in [0, 0.1) is 12.8 Å². The van der Waals surface area contributed by atoms with Crippen LogP contribution in [-0.4, -0.2) is 44.4 Å². The Hall–Kier alpha value is -1.73. The lowest BCUT2D eigenvalue weighted by Gasteiger charge is -2.30. The van der Waals surface area contributed by atoms with Gasteiger partial charge in [0.05, 0.1) is 19.0 Å². The van der Waals surface area contributed by atoms with Gasteiger partial charge in [-0.2, -0.15) is 9.97 Å². The van der Waals surface area contributed by atoms with E-state index in [1.807, 2.05) is 0 Å². The van der Waals surface area contributed by atoms with Crippen LogP contribution in [0.15, 0.2) is 6.33 Å². The minimum Gasteiger partial charge on any atom is -0.382 e. The van der Waals surface area contributed by atoms with Gasteiger partial charge in [-0.1, -0.05) is 0 Å². The second-order valence-corrected chi connectivity index (χ2v) is 8.02. The molecule has 4 atom stereocenters. The van der Waals surface area contributed by atoms with Crippen molar-refractivity contribution in [3.05, 3.63) is 11.6 Å². The van der Waals surface area contributed by atoms with Crippen molar-refractivity contribution in [2.75, 3.05) is 12.3 Å². The number of aromatic nitrogens is 4. The molecular formula is C15H19ClN5O5P. The summed E-state index contributed by atoms with van der Waals surface area (Å²) < 4.78 is 36.3. The predicted molar refractivity (Wildman–Crippen MR) is 97.8 cm³/mol. The smallest absolute Gasteiger partial charge is 0.382 e. The van der Waals surface area contributed by atoms with Gasteiger partial charge in [-0.05, 0) is 25.4 Å². The summed E-state index contributed by atoms with van der Waals surface area (Å²) in [5, 5.41) is 0.0246. The Bertz CT molecular complexity index is 903. The third kappa shape index (κ3) is 3.94. The molecule has 0 aliphatic carbocycles. The summed E-state index contributed by atoms with van der Waals surface area (Å²) in [7, 11) is -3.58. The van der Waals surface area contributed by atoms with E-state index in [1.54, 1.807) is 24.7 Å². The molecular weight excluding hydrogens is 397 g/mol. The van der Waals surface area contributed by atoms with Crippen LogP contribution in [-0.2, 0) is 22.9 Å². The topological polar surface area (TPSA) is 124 Å². The Morgan fingerprint density at radius 1 is 1.41 bits per heavy atom. The van der Waals surface area contributed by atoms with Gasteiger partial charge in [0.15, 0.2) is 11.5 Å². The monoisotopic (exact) mass is 415 g/mol. The number of hydrogen-bond donors (Lipinski definition) is 1. The Morgan fingerprint density at radius 2 is 2.15 bits per heavy atom. The van der Waals surface area contributed by atoms with Crippen LogP contribution < -0.4 is 5.73 Å². The highest BCUT2D eigenvalue weighted by molar-refractivity contribution is 7.48. The predicted octanol–water partition coefficient (Wildman–Crippen LogP) is 2.55. The molecule has 2 saturated heterocycles. The Labute approximate surface area is 160 Å². The lowest BCUT2D eigenvalue weighted by molar-refractivity contribution is -0.0733. The number of phosphoric ester groups is 1. The number of anilines is 1. The van der Waals surface area contributed by atoms with Crippen LogP contribution in [0.1, 0.15) is 26.5 Å². The van der Waals surface area contributed by atoms with Gasteiger partial charge < -0.3 is 10.5 Å². The van der Waals surface area contributed by atoms with Crippen molar-refractivity contribution >= 4 is 36.4 Å². The van der Waals surface area contributed by atoms with E-state index in [9.17, 15) is 4.57 Å². The van der Waals surface area contributed by atoms with Crippen LogP contribution in [0.3, 0.4) is 0 Å². The minimum atomic E-state index is -3.58. The van der Waals surface area contributed by atoms with Crippen molar-refractivity contribution in [2.45, 2.75) is 44.8 Å². The second kappa shape index (κ2) is 7.72. The number of halogens is 1. The summed E-state index contributed by atoms with van der Waals surface area (Å²) in [5.74, 6) is 0.193. The largest absolute Gasteiger partial charge is 0.475 e. The van der Waals surface area contributed by atoms with E-state index in [4.69, 9.17) is 35.6 Å². The number of nitrogens with zero attached hydrogens (tertiary/aromatic N) is 4. The molecule has 0 bridgehead atoms. The Balaban J connectivity index is 0.00000102. The molecule has 0 amide bonds. The van der Waals surface area contributed by atoms with Gasteiger partial charge in [-0.15, -0.1) is 12.8 Å². The molecule has 2 N–H and O–H groups in total. The second-order valence-electron chi connectivity index (χ2n) is 6.11. The number of hydrogen-bond acceptors (Lipinski definition) is 9. The number of ether oxygens (including phenoxy) is 1. The molecule has 2 fully saturated rings. The summed E-state index contributed by atoms with van der Waals surface area (Å²) in [5.41, 5.74) is 6.72. The summed E-state index contributed by atoms with van der Waals surface area (Å²) in [6, 6.07) is 0. The zero-order valence-electron chi connectivity index (χ0n) is 14.7. The van der Waals surface area contributed by atoms with Crippen molar-refractivity contribution in [2.24, 2.45) is 0 Å². The number of fused-ring (bicyclic) bond motifs is 2. The van der Waals surface area contributed by atoms with E-state index in [-0.39, 0.29) is 29.9 Å². The fraction of sp³-hybridized carbons (Fsp3) is 0.533. The van der Waals surface area contributed by atoms with Gasteiger partial charge in [0, 0.05) is 6.42 Å². The average Bonchev–Trinajstić information content (AvgIpc) is 3.18. The van der Waals surface area contributed by atoms with E-state index in [1.165, 1.54) is 0 Å². The minimum absolute atomic E-state index is 0.0246. The maximum atomic E-state index is 12.5. The highest BCUT2D eigenvalue weighted by Gasteiger charge is 2.48. The van der Waals surface area contributed by atoms with Crippen molar-refractivity contribution in [3.8, 4) is 12.8 Å². The number of terminal acetylenes is 1. The van der Waals surface area contributed by atoms with Gasteiger partial charge in [-0.3, -0.25) is 18.1 Å². The highest BCUT2D eigenvalue weighted by atomic mass is 35.5. The van der Waals surface area contributed by atoms with E-state index < -0.39 is 20.2 Å². The van der Waals surface area contributed by atoms with Crippen molar-refractivity contribution in [3.63, 3.8) is 0 Å². The Morgan fingerprint density at radius 3 is 2.85 bits per heavy atom. The third-order valence-corrected chi connectivity index (χ3v) is 5.76. The van der Waals surface area contributed by atoms with Crippen LogP contribution in [0.2, 0.25) is 5.28 Å². The van der Waals surface area contributed by atoms with Crippen LogP contribution in [0.5, 0.6) is 0 Å². The molecule has 2 aliphatic rings. The molecule has 27 heavy (non-hydrogen) atoms. The lowest BCUT2D eigenvalue weighted by atomic mass is 10.2. The first-order valence-corrected chi connectivity index (χ1v) is 9.94. The van der Waals surface area contributed by atoms with E-state index in [2.05, 4.69) is 27.8 Å². The summed E-state index contributed by atoms with van der Waals surface area (Å²) in [4.78, 5) is 12.3. The number of imidazole rings is 1. The molecule has 0 aromatic carbocycles. The summed E-state index contributed by atoms with van der Waals surface area (Å²) >= 11 is 5.88. The molecule has 0 saturated carbocycles. The van der Waals surface area contributed by atoms with Gasteiger partial charge >= 0.3 is 7.82 Å².